The van der Waals surface area contributed by atoms with Crippen molar-refractivity contribution in [1.29, 1.82) is 0 Å². The Labute approximate surface area is 261 Å². The maximum atomic E-state index is 13.0. The molecule has 0 aromatic heterocycles. The molecule has 4 aliphatic rings. The lowest BCUT2D eigenvalue weighted by Crippen LogP contribution is -2.43. The monoisotopic (exact) mass is 601 g/mol. The van der Waals surface area contributed by atoms with Gasteiger partial charge < -0.3 is 9.84 Å². The normalized spacial score (nSPS) is 26.4. The first-order chi connectivity index (χ1) is 18.9. The first-order valence-electron chi connectivity index (χ1n) is 17.6. The molecular formula is C38H74F2O2. The first-order valence-corrected chi connectivity index (χ1v) is 17.6. The Kier molecular flexibility index (Phi) is 15.5. The molecule has 3 atom stereocenters. The fourth-order valence-corrected chi connectivity index (χ4v) is 6.19. The number of ether oxygens (including phenoxy) is 1. The number of hydrogen-bond donors (Lipinski definition) is 1. The van der Waals surface area contributed by atoms with E-state index in [1.165, 1.54) is 57.8 Å². The van der Waals surface area contributed by atoms with Crippen LogP contribution in [0.3, 0.4) is 0 Å². The van der Waals surface area contributed by atoms with Crippen molar-refractivity contribution in [3.8, 4) is 0 Å². The summed E-state index contributed by atoms with van der Waals surface area (Å²) in [6.45, 7) is 30.2. The van der Waals surface area contributed by atoms with Gasteiger partial charge in [-0.05, 0) is 116 Å². The van der Waals surface area contributed by atoms with Gasteiger partial charge >= 0.3 is 0 Å². The summed E-state index contributed by atoms with van der Waals surface area (Å²) < 4.78 is 31.3. The Morgan fingerprint density at radius 1 is 0.714 bits per heavy atom. The fourth-order valence-electron chi connectivity index (χ4n) is 6.19. The molecule has 1 aliphatic heterocycles. The minimum Gasteiger partial charge on any atom is -0.384 e. The van der Waals surface area contributed by atoms with Crippen LogP contribution in [0.2, 0.25) is 0 Å². The molecule has 252 valence electrons. The summed E-state index contributed by atoms with van der Waals surface area (Å²) in [7, 11) is 0. The first kappa shape index (κ1) is 39.8. The zero-order valence-electron chi connectivity index (χ0n) is 30.5. The average Bonchev–Trinajstić information content (AvgIpc) is 3.77. The Morgan fingerprint density at radius 3 is 1.50 bits per heavy atom. The molecule has 0 radical (unpaired) electrons. The largest absolute Gasteiger partial charge is 0.384 e. The molecule has 0 aromatic rings. The second-order valence-corrected chi connectivity index (χ2v) is 18.5. The summed E-state index contributed by atoms with van der Waals surface area (Å²) >= 11 is 0. The molecule has 3 saturated carbocycles. The molecule has 1 saturated heterocycles. The van der Waals surface area contributed by atoms with E-state index in [2.05, 4.69) is 69.2 Å². The maximum absolute atomic E-state index is 13.0. The minimum absolute atomic E-state index is 0.235. The third-order valence-electron chi connectivity index (χ3n) is 10.2. The van der Waals surface area contributed by atoms with E-state index in [-0.39, 0.29) is 18.8 Å². The maximum Gasteiger partial charge on any atom is 0.273 e. The molecule has 42 heavy (non-hydrogen) atoms. The van der Waals surface area contributed by atoms with Gasteiger partial charge in [-0.25, -0.2) is 8.78 Å². The van der Waals surface area contributed by atoms with Gasteiger partial charge in [-0.3, -0.25) is 0 Å². The molecule has 1 N–H and O–H groups in total. The van der Waals surface area contributed by atoms with E-state index in [1.54, 1.807) is 0 Å². The van der Waals surface area contributed by atoms with Crippen LogP contribution in [-0.4, -0.2) is 29.8 Å². The molecule has 3 aliphatic carbocycles. The van der Waals surface area contributed by atoms with Crippen molar-refractivity contribution >= 4 is 0 Å². The zero-order valence-corrected chi connectivity index (χ0v) is 30.5. The van der Waals surface area contributed by atoms with E-state index in [9.17, 15) is 13.9 Å². The van der Waals surface area contributed by atoms with Crippen LogP contribution < -0.4 is 0 Å². The Bertz CT molecular complexity index is 722. The van der Waals surface area contributed by atoms with E-state index in [0.717, 1.165) is 50.2 Å². The lowest BCUT2D eigenvalue weighted by Gasteiger charge is -2.30. The number of alkyl halides is 2. The lowest BCUT2D eigenvalue weighted by molar-refractivity contribution is -0.167. The highest BCUT2D eigenvalue weighted by Crippen LogP contribution is 2.47. The standard InChI is InChI=1S/C11H22O.C10H18F2O.C9H18.C8H16/c1-11(2,3)7-4-10-5-8-12-9-6-10;1-7(2)8-4-5-10(13,6-8)9(3,11)12;1-7(8-5-6-8)9(2,3)4;1-8(2,3)6-7-4-5-7/h10H,4-9H2,1-3H3;7-8,13H,4-6H2,1-3H3;7-8H,5-6H2,1-4H3;7H,4-6H2,1-3H3. The highest BCUT2D eigenvalue weighted by atomic mass is 19.3. The molecule has 0 amide bonds. The molecule has 0 aromatic carbocycles. The van der Waals surface area contributed by atoms with Crippen molar-refractivity contribution in [3.63, 3.8) is 0 Å². The highest BCUT2D eigenvalue weighted by Gasteiger charge is 2.53. The molecule has 2 nitrogen and oxygen atoms in total. The molecule has 3 unspecified atom stereocenters. The van der Waals surface area contributed by atoms with E-state index >= 15 is 0 Å². The number of hydrogen-bond acceptors (Lipinski definition) is 2. The van der Waals surface area contributed by atoms with E-state index in [0.29, 0.717) is 22.2 Å². The van der Waals surface area contributed by atoms with Crippen molar-refractivity contribution in [3.05, 3.63) is 0 Å². The average molecular weight is 601 g/mol. The summed E-state index contributed by atoms with van der Waals surface area (Å²) in [4.78, 5) is 0. The Hall–Kier alpha value is -0.220. The van der Waals surface area contributed by atoms with Gasteiger partial charge in [-0.15, -0.1) is 0 Å². The third kappa shape index (κ3) is 17.3. The second kappa shape index (κ2) is 16.4. The van der Waals surface area contributed by atoms with Gasteiger partial charge in [0.25, 0.3) is 5.92 Å². The number of halogens is 2. The lowest BCUT2D eigenvalue weighted by atomic mass is 9.79. The van der Waals surface area contributed by atoms with E-state index in [1.807, 2.05) is 13.8 Å². The molecule has 4 rings (SSSR count). The molecular weight excluding hydrogens is 526 g/mol. The molecule has 0 spiro atoms. The molecule has 1 heterocycles. The highest BCUT2D eigenvalue weighted by molar-refractivity contribution is 4.98. The second-order valence-electron chi connectivity index (χ2n) is 18.5. The van der Waals surface area contributed by atoms with Crippen molar-refractivity contribution in [2.75, 3.05) is 13.2 Å². The van der Waals surface area contributed by atoms with Crippen LogP contribution in [0.4, 0.5) is 8.78 Å². The van der Waals surface area contributed by atoms with Gasteiger partial charge in [0, 0.05) is 20.1 Å². The van der Waals surface area contributed by atoms with Gasteiger partial charge in [-0.1, -0.05) is 95.9 Å². The summed E-state index contributed by atoms with van der Waals surface area (Å²) in [5, 5.41) is 9.70. The minimum atomic E-state index is -2.96. The van der Waals surface area contributed by atoms with E-state index in [4.69, 9.17) is 4.74 Å². The molecule has 4 heteroatoms. The van der Waals surface area contributed by atoms with Gasteiger partial charge in [0.1, 0.15) is 5.60 Å². The van der Waals surface area contributed by atoms with Gasteiger partial charge in [-0.2, -0.15) is 0 Å². The van der Waals surface area contributed by atoms with Crippen molar-refractivity contribution in [1.82, 2.24) is 0 Å². The van der Waals surface area contributed by atoms with Crippen LogP contribution in [0.15, 0.2) is 0 Å². The fraction of sp³-hybridized carbons (Fsp3) is 1.00. The predicted molar refractivity (Wildman–Crippen MR) is 178 cm³/mol. The van der Waals surface area contributed by atoms with Crippen LogP contribution in [0.1, 0.15) is 167 Å². The number of aliphatic hydroxyl groups is 1. The number of rotatable bonds is 6. The van der Waals surface area contributed by atoms with Crippen LogP contribution in [0, 0.1) is 51.8 Å². The Balaban J connectivity index is 0.000000285. The summed E-state index contributed by atoms with van der Waals surface area (Å²) in [6.07, 6.45) is 13.9. The predicted octanol–water partition coefficient (Wildman–Crippen LogP) is 12.0. The van der Waals surface area contributed by atoms with Gasteiger partial charge in [0.15, 0.2) is 0 Å². The van der Waals surface area contributed by atoms with Crippen LogP contribution in [0.25, 0.3) is 0 Å². The molecule has 4 fully saturated rings. The third-order valence-corrected chi connectivity index (χ3v) is 10.2. The SMILES string of the molecule is CC(C)(C)CC1CC1.CC(C)(C)CCC1CCOCC1.CC(C)C1CCC(O)(C(C)(F)F)C1.CC(C1CC1)C(C)(C)C. The van der Waals surface area contributed by atoms with Crippen molar-refractivity contribution in [2.24, 2.45) is 51.8 Å². The van der Waals surface area contributed by atoms with Crippen molar-refractivity contribution in [2.45, 2.75) is 179 Å². The van der Waals surface area contributed by atoms with E-state index < -0.39 is 11.5 Å². The van der Waals surface area contributed by atoms with Gasteiger partial charge in [0.05, 0.1) is 0 Å². The molecule has 0 bridgehead atoms. The summed E-state index contributed by atoms with van der Waals surface area (Å²) in [5.74, 6) is 1.69. The summed E-state index contributed by atoms with van der Waals surface area (Å²) in [5.41, 5.74) is -0.109. The van der Waals surface area contributed by atoms with Gasteiger partial charge in [0.2, 0.25) is 0 Å². The quantitative estimate of drug-likeness (QED) is 0.328. The Morgan fingerprint density at radius 2 is 1.24 bits per heavy atom. The smallest absolute Gasteiger partial charge is 0.273 e. The summed E-state index contributed by atoms with van der Waals surface area (Å²) in [6, 6.07) is 0. The van der Waals surface area contributed by atoms with Crippen LogP contribution in [0.5, 0.6) is 0 Å². The van der Waals surface area contributed by atoms with Crippen LogP contribution >= 0.6 is 0 Å². The van der Waals surface area contributed by atoms with Crippen molar-refractivity contribution < 1.29 is 18.6 Å². The zero-order chi connectivity index (χ0) is 32.6. The topological polar surface area (TPSA) is 29.5 Å². The van der Waals surface area contributed by atoms with Crippen LogP contribution in [-0.2, 0) is 4.74 Å².